The van der Waals surface area contributed by atoms with Crippen LogP contribution >= 0.6 is 0 Å². The van der Waals surface area contributed by atoms with Crippen molar-refractivity contribution in [1.29, 1.82) is 0 Å². The highest BCUT2D eigenvalue weighted by Crippen LogP contribution is 2.35. The van der Waals surface area contributed by atoms with Gasteiger partial charge < -0.3 is 19.7 Å². The van der Waals surface area contributed by atoms with Crippen molar-refractivity contribution in [2.24, 2.45) is 0 Å². The van der Waals surface area contributed by atoms with Gasteiger partial charge in [0.25, 0.3) is 0 Å². The number of aliphatic carboxylic acids is 1. The first-order valence-corrected chi connectivity index (χ1v) is 9.54. The number of aromatic nitrogens is 1. The van der Waals surface area contributed by atoms with Crippen LogP contribution in [0.4, 0.5) is 4.79 Å². The fraction of sp³-hybridized carbons (Fsp3) is 0.524. The summed E-state index contributed by atoms with van der Waals surface area (Å²) in [4.78, 5) is 23.9. The number of hydrogen-bond acceptors (Lipinski definition) is 3. The summed E-state index contributed by atoms with van der Waals surface area (Å²) in [6.07, 6.45) is 2.29. The molecule has 0 spiro atoms. The number of rotatable bonds is 4. The molecule has 1 amide bonds. The molecular weight excluding hydrogens is 344 g/mol. The number of carbonyl (C=O) groups is 2. The quantitative estimate of drug-likeness (QED) is 0.848. The second-order valence-electron chi connectivity index (χ2n) is 8.16. The van der Waals surface area contributed by atoms with Gasteiger partial charge in [-0.25, -0.2) is 9.59 Å². The third kappa shape index (κ3) is 3.94. The number of fused-ring (bicyclic) bond motifs is 3. The average molecular weight is 372 g/mol. The summed E-state index contributed by atoms with van der Waals surface area (Å²) < 4.78 is 7.36. The molecular formula is C21H28N2O4. The zero-order valence-electron chi connectivity index (χ0n) is 16.4. The third-order valence-corrected chi connectivity index (χ3v) is 5.01. The summed E-state index contributed by atoms with van der Waals surface area (Å²) in [5.74, 6) is -0.810. The fourth-order valence-corrected chi connectivity index (χ4v) is 3.96. The second-order valence-corrected chi connectivity index (χ2v) is 8.16. The maximum absolute atomic E-state index is 12.1. The summed E-state index contributed by atoms with van der Waals surface area (Å²) in [6.45, 7) is 7.43. The molecule has 1 aromatic carbocycles. The number of nitrogens with one attached hydrogen (secondary N) is 1. The normalized spacial score (nSPS) is 18.0. The van der Waals surface area contributed by atoms with Gasteiger partial charge in [0.15, 0.2) is 0 Å². The Morgan fingerprint density at radius 3 is 2.67 bits per heavy atom. The lowest BCUT2D eigenvalue weighted by atomic mass is 9.91. The average Bonchev–Trinajstić information content (AvgIpc) is 2.88. The van der Waals surface area contributed by atoms with Crippen molar-refractivity contribution in [3.05, 3.63) is 35.5 Å². The van der Waals surface area contributed by atoms with E-state index >= 15 is 0 Å². The SMILES string of the molecule is CCC(C(=O)O)n1c2c(c3ccccc31)CC(NC(=O)OC(C)(C)C)CC2. The zero-order chi connectivity index (χ0) is 19.8. The standard InChI is InChI=1S/C21H28N2O4/c1-5-16(19(24)25)23-17-9-7-6-8-14(17)15-12-13(10-11-18(15)23)22-20(26)27-21(2,3)4/h6-9,13,16H,5,10-12H2,1-4H3,(H,22,26)(H,24,25). The van der Waals surface area contributed by atoms with E-state index in [0.717, 1.165) is 35.0 Å². The van der Waals surface area contributed by atoms with Gasteiger partial charge in [0.1, 0.15) is 11.6 Å². The number of hydrogen-bond donors (Lipinski definition) is 2. The maximum Gasteiger partial charge on any atom is 0.407 e. The highest BCUT2D eigenvalue weighted by atomic mass is 16.6. The van der Waals surface area contributed by atoms with Gasteiger partial charge >= 0.3 is 12.1 Å². The molecule has 2 N–H and O–H groups in total. The zero-order valence-corrected chi connectivity index (χ0v) is 16.4. The number of amides is 1. The molecule has 6 nitrogen and oxygen atoms in total. The van der Waals surface area contributed by atoms with Gasteiger partial charge in [-0.05, 0) is 58.1 Å². The van der Waals surface area contributed by atoms with Crippen LogP contribution in [-0.4, -0.2) is 33.4 Å². The summed E-state index contributed by atoms with van der Waals surface area (Å²) in [5, 5.41) is 13.7. The molecule has 2 atom stereocenters. The highest BCUT2D eigenvalue weighted by Gasteiger charge is 2.31. The lowest BCUT2D eigenvalue weighted by Gasteiger charge is -2.28. The number of nitrogens with zero attached hydrogens (tertiary/aromatic N) is 1. The number of ether oxygens (including phenoxy) is 1. The van der Waals surface area contributed by atoms with Crippen LogP contribution < -0.4 is 5.32 Å². The number of para-hydroxylation sites is 1. The van der Waals surface area contributed by atoms with Gasteiger partial charge in [-0.2, -0.15) is 0 Å². The molecule has 0 aliphatic heterocycles. The smallest absolute Gasteiger partial charge is 0.407 e. The minimum absolute atomic E-state index is 0.0171. The number of carbonyl (C=O) groups excluding carboxylic acids is 1. The Labute approximate surface area is 159 Å². The second kappa shape index (κ2) is 7.25. The predicted octanol–water partition coefficient (Wildman–Crippen LogP) is 4.06. The number of carboxylic acid groups (broad SMARTS) is 1. The molecule has 6 heteroatoms. The molecule has 2 aromatic rings. The van der Waals surface area contributed by atoms with Crippen LogP contribution in [0.5, 0.6) is 0 Å². The van der Waals surface area contributed by atoms with Crippen molar-refractivity contribution in [3.63, 3.8) is 0 Å². The van der Waals surface area contributed by atoms with E-state index in [1.165, 1.54) is 0 Å². The molecule has 3 rings (SSSR count). The molecule has 1 aromatic heterocycles. The summed E-state index contributed by atoms with van der Waals surface area (Å²) >= 11 is 0. The Kier molecular flexibility index (Phi) is 5.18. The molecule has 146 valence electrons. The monoisotopic (exact) mass is 372 g/mol. The van der Waals surface area contributed by atoms with Crippen LogP contribution in [0.25, 0.3) is 10.9 Å². The number of carboxylic acids is 1. The van der Waals surface area contributed by atoms with Gasteiger partial charge in [-0.15, -0.1) is 0 Å². The van der Waals surface area contributed by atoms with E-state index < -0.39 is 23.7 Å². The Hall–Kier alpha value is -2.50. The summed E-state index contributed by atoms with van der Waals surface area (Å²) in [6, 6.07) is 7.34. The topological polar surface area (TPSA) is 80.6 Å². The lowest BCUT2D eigenvalue weighted by molar-refractivity contribution is -0.140. The van der Waals surface area contributed by atoms with Crippen molar-refractivity contribution in [1.82, 2.24) is 9.88 Å². The van der Waals surface area contributed by atoms with E-state index in [9.17, 15) is 14.7 Å². The minimum atomic E-state index is -0.810. The van der Waals surface area contributed by atoms with E-state index in [1.807, 2.05) is 56.5 Å². The summed E-state index contributed by atoms with van der Waals surface area (Å²) in [7, 11) is 0. The molecule has 0 bridgehead atoms. The molecule has 1 aliphatic carbocycles. The minimum Gasteiger partial charge on any atom is -0.480 e. The number of benzene rings is 1. The Bertz CT molecular complexity index is 863. The van der Waals surface area contributed by atoms with E-state index in [-0.39, 0.29) is 6.04 Å². The van der Waals surface area contributed by atoms with Crippen LogP contribution in [0.15, 0.2) is 24.3 Å². The van der Waals surface area contributed by atoms with E-state index in [4.69, 9.17) is 4.74 Å². The first kappa shape index (κ1) is 19.3. The first-order valence-electron chi connectivity index (χ1n) is 9.54. The maximum atomic E-state index is 12.1. The molecule has 1 heterocycles. The first-order chi connectivity index (χ1) is 12.7. The van der Waals surface area contributed by atoms with Crippen molar-refractivity contribution < 1.29 is 19.4 Å². The van der Waals surface area contributed by atoms with Crippen LogP contribution in [0, 0.1) is 0 Å². The molecule has 27 heavy (non-hydrogen) atoms. The van der Waals surface area contributed by atoms with E-state index in [1.54, 1.807) is 0 Å². The molecule has 0 saturated heterocycles. The van der Waals surface area contributed by atoms with Crippen molar-refractivity contribution in [3.8, 4) is 0 Å². The Morgan fingerprint density at radius 1 is 1.33 bits per heavy atom. The Balaban J connectivity index is 1.93. The Morgan fingerprint density at radius 2 is 2.04 bits per heavy atom. The lowest BCUT2D eigenvalue weighted by Crippen LogP contribution is -2.42. The highest BCUT2D eigenvalue weighted by molar-refractivity contribution is 5.88. The van der Waals surface area contributed by atoms with Gasteiger partial charge in [-0.1, -0.05) is 25.1 Å². The van der Waals surface area contributed by atoms with E-state index in [2.05, 4.69) is 5.32 Å². The molecule has 2 unspecified atom stereocenters. The molecule has 0 radical (unpaired) electrons. The summed E-state index contributed by atoms with van der Waals surface area (Å²) in [5.41, 5.74) is 2.63. The van der Waals surface area contributed by atoms with Crippen LogP contribution in [-0.2, 0) is 22.4 Å². The van der Waals surface area contributed by atoms with E-state index in [0.29, 0.717) is 12.8 Å². The largest absolute Gasteiger partial charge is 0.480 e. The van der Waals surface area contributed by atoms with Crippen molar-refractivity contribution in [2.45, 2.75) is 71.1 Å². The van der Waals surface area contributed by atoms with Crippen molar-refractivity contribution >= 4 is 23.0 Å². The van der Waals surface area contributed by atoms with Crippen molar-refractivity contribution in [2.75, 3.05) is 0 Å². The fourth-order valence-electron chi connectivity index (χ4n) is 3.96. The van der Waals surface area contributed by atoms with Gasteiger partial charge in [0.2, 0.25) is 0 Å². The van der Waals surface area contributed by atoms with Crippen LogP contribution in [0.3, 0.4) is 0 Å². The predicted molar refractivity (Wildman–Crippen MR) is 104 cm³/mol. The van der Waals surface area contributed by atoms with Gasteiger partial charge in [0, 0.05) is 22.6 Å². The van der Waals surface area contributed by atoms with Crippen LogP contribution in [0.2, 0.25) is 0 Å². The molecule has 0 saturated carbocycles. The molecule has 0 fully saturated rings. The number of alkyl carbamates (subject to hydrolysis) is 1. The van der Waals surface area contributed by atoms with Gasteiger partial charge in [0.05, 0.1) is 0 Å². The van der Waals surface area contributed by atoms with Crippen LogP contribution in [0.1, 0.15) is 57.8 Å². The molecule has 1 aliphatic rings. The third-order valence-electron chi connectivity index (χ3n) is 5.01. The van der Waals surface area contributed by atoms with Gasteiger partial charge in [-0.3, -0.25) is 0 Å².